The summed E-state index contributed by atoms with van der Waals surface area (Å²) >= 11 is 5.54. The average Bonchev–Trinajstić information content (AvgIpc) is 2.54. The van der Waals surface area contributed by atoms with E-state index in [9.17, 15) is 21.6 Å². The lowest BCUT2D eigenvalue weighted by Crippen LogP contribution is -3.07. The van der Waals surface area contributed by atoms with Crippen LogP contribution in [0.4, 0.5) is 13.2 Å². The molecule has 2 aromatic rings. The van der Waals surface area contributed by atoms with Crippen molar-refractivity contribution in [2.24, 2.45) is 0 Å². The summed E-state index contributed by atoms with van der Waals surface area (Å²) in [6.45, 7) is 0.0403. The van der Waals surface area contributed by atoms with Gasteiger partial charge < -0.3 is 4.90 Å². The lowest BCUT2D eigenvalue weighted by atomic mass is 10.1. The van der Waals surface area contributed by atoms with Crippen LogP contribution in [0.3, 0.4) is 0 Å². The van der Waals surface area contributed by atoms with Gasteiger partial charge in [-0.3, -0.25) is 0 Å². The van der Waals surface area contributed by atoms with Gasteiger partial charge in [-0.2, -0.15) is 13.2 Å². The fourth-order valence-electron chi connectivity index (χ4n) is 2.51. The van der Waals surface area contributed by atoms with Crippen LogP contribution in [-0.4, -0.2) is 29.1 Å². The standard InChI is InChI=1S/C17H18ClF3N2O2S/c1-23(2)16(12-6-4-3-5-7-12)11-22-26(24,25)13-8-9-15(18)14(10-13)17(19,20)21/h3-10,16,22H,11H2,1-2H3/p+1/t16-/m1/s1. The summed E-state index contributed by atoms with van der Waals surface area (Å²) < 4.78 is 66.2. The quantitative estimate of drug-likeness (QED) is 0.773. The summed E-state index contributed by atoms with van der Waals surface area (Å²) in [5.74, 6) is 0. The molecule has 0 heterocycles. The van der Waals surface area contributed by atoms with Gasteiger partial charge in [-0.05, 0) is 18.2 Å². The van der Waals surface area contributed by atoms with Crippen LogP contribution in [0.1, 0.15) is 17.2 Å². The molecule has 0 saturated heterocycles. The van der Waals surface area contributed by atoms with Crippen LogP contribution < -0.4 is 9.62 Å². The molecule has 2 aromatic carbocycles. The lowest BCUT2D eigenvalue weighted by Gasteiger charge is -2.22. The molecule has 0 aliphatic rings. The van der Waals surface area contributed by atoms with Crippen LogP contribution in [0.15, 0.2) is 53.4 Å². The summed E-state index contributed by atoms with van der Waals surface area (Å²) in [6, 6.07) is 11.6. The van der Waals surface area contributed by atoms with E-state index in [4.69, 9.17) is 11.6 Å². The Hall–Kier alpha value is -1.61. The van der Waals surface area contributed by atoms with E-state index in [0.717, 1.165) is 22.6 Å². The van der Waals surface area contributed by atoms with Crippen molar-refractivity contribution < 1.29 is 26.5 Å². The Balaban J connectivity index is 2.26. The minimum Gasteiger partial charge on any atom is -0.333 e. The smallest absolute Gasteiger partial charge is 0.333 e. The monoisotopic (exact) mass is 407 g/mol. The number of benzene rings is 2. The van der Waals surface area contributed by atoms with Crippen molar-refractivity contribution in [1.82, 2.24) is 4.72 Å². The molecule has 142 valence electrons. The van der Waals surface area contributed by atoms with E-state index in [1.165, 1.54) is 0 Å². The SMILES string of the molecule is C[NH+](C)[C@H](CNS(=O)(=O)c1ccc(Cl)c(C(F)(F)F)c1)c1ccccc1. The van der Waals surface area contributed by atoms with Gasteiger partial charge in [-0.25, -0.2) is 13.1 Å². The Kier molecular flexibility index (Phi) is 6.33. The van der Waals surface area contributed by atoms with Gasteiger partial charge >= 0.3 is 6.18 Å². The van der Waals surface area contributed by atoms with Gasteiger partial charge in [0.05, 0.1) is 36.1 Å². The Labute approximate surface area is 155 Å². The second-order valence-electron chi connectivity index (χ2n) is 6.03. The number of quaternary nitrogens is 1. The highest BCUT2D eigenvalue weighted by Gasteiger charge is 2.34. The molecule has 2 rings (SSSR count). The third kappa shape index (κ3) is 4.97. The topological polar surface area (TPSA) is 50.6 Å². The molecule has 0 unspecified atom stereocenters. The van der Waals surface area contributed by atoms with Crippen LogP contribution in [0.5, 0.6) is 0 Å². The highest BCUT2D eigenvalue weighted by molar-refractivity contribution is 7.89. The predicted molar refractivity (Wildman–Crippen MR) is 93.6 cm³/mol. The predicted octanol–water partition coefficient (Wildman–Crippen LogP) is 2.52. The van der Waals surface area contributed by atoms with Crippen molar-refractivity contribution in [3.63, 3.8) is 0 Å². The molecule has 0 bridgehead atoms. The Morgan fingerprint density at radius 1 is 1.12 bits per heavy atom. The first-order valence-corrected chi connectivity index (χ1v) is 9.60. The van der Waals surface area contributed by atoms with Crippen molar-refractivity contribution in [2.45, 2.75) is 17.1 Å². The summed E-state index contributed by atoms with van der Waals surface area (Å²) in [6.07, 6.45) is -4.73. The van der Waals surface area contributed by atoms with Crippen molar-refractivity contribution in [3.8, 4) is 0 Å². The first-order valence-electron chi connectivity index (χ1n) is 7.74. The van der Waals surface area contributed by atoms with Crippen molar-refractivity contribution >= 4 is 21.6 Å². The molecular formula is C17H19ClF3N2O2S+. The maximum Gasteiger partial charge on any atom is 0.417 e. The number of hydrogen-bond acceptors (Lipinski definition) is 2. The molecule has 0 spiro atoms. The summed E-state index contributed by atoms with van der Waals surface area (Å²) in [5.41, 5.74) is -0.262. The second-order valence-corrected chi connectivity index (χ2v) is 8.21. The molecule has 0 radical (unpaired) electrons. The molecule has 0 aliphatic carbocycles. The van der Waals surface area contributed by atoms with E-state index in [0.29, 0.717) is 6.07 Å². The minimum atomic E-state index is -4.73. The first-order chi connectivity index (χ1) is 12.0. The van der Waals surface area contributed by atoms with Crippen LogP contribution in [0.2, 0.25) is 5.02 Å². The Morgan fingerprint density at radius 3 is 2.27 bits per heavy atom. The second kappa shape index (κ2) is 7.96. The minimum absolute atomic E-state index is 0.0403. The van der Waals surface area contributed by atoms with Crippen LogP contribution >= 0.6 is 11.6 Å². The highest BCUT2D eigenvalue weighted by atomic mass is 35.5. The number of sulfonamides is 1. The third-order valence-electron chi connectivity index (χ3n) is 3.93. The number of halogens is 4. The zero-order chi connectivity index (χ0) is 19.5. The van der Waals surface area contributed by atoms with Gasteiger partial charge in [0, 0.05) is 5.56 Å². The molecule has 4 nitrogen and oxygen atoms in total. The van der Waals surface area contributed by atoms with Gasteiger partial charge in [-0.15, -0.1) is 0 Å². The Bertz CT molecular complexity index is 856. The molecule has 0 amide bonds. The molecule has 0 fully saturated rings. The third-order valence-corrected chi connectivity index (χ3v) is 5.68. The van der Waals surface area contributed by atoms with Crippen molar-refractivity contribution in [1.29, 1.82) is 0 Å². The van der Waals surface area contributed by atoms with Crippen molar-refractivity contribution in [2.75, 3.05) is 20.6 Å². The summed E-state index contributed by atoms with van der Waals surface area (Å²) in [7, 11) is -0.376. The number of alkyl halides is 3. The number of rotatable bonds is 6. The normalized spacial score (nSPS) is 13.8. The largest absolute Gasteiger partial charge is 0.417 e. The summed E-state index contributed by atoms with van der Waals surface area (Å²) in [5, 5.41) is -0.545. The van der Waals surface area contributed by atoms with Crippen LogP contribution in [0, 0.1) is 0 Å². The zero-order valence-corrected chi connectivity index (χ0v) is 15.7. The first kappa shape index (κ1) is 20.7. The fourth-order valence-corrected chi connectivity index (χ4v) is 3.80. The number of nitrogens with one attached hydrogen (secondary N) is 2. The van der Waals surface area contributed by atoms with E-state index < -0.39 is 31.7 Å². The molecule has 0 aromatic heterocycles. The number of hydrogen-bond donors (Lipinski definition) is 2. The van der Waals surface area contributed by atoms with Crippen LogP contribution in [0.25, 0.3) is 0 Å². The highest BCUT2D eigenvalue weighted by Crippen LogP contribution is 2.35. The van der Waals surface area contributed by atoms with Gasteiger partial charge in [0.15, 0.2) is 0 Å². The molecule has 26 heavy (non-hydrogen) atoms. The lowest BCUT2D eigenvalue weighted by molar-refractivity contribution is -0.890. The molecule has 2 N–H and O–H groups in total. The van der Waals surface area contributed by atoms with E-state index in [-0.39, 0.29) is 12.6 Å². The van der Waals surface area contributed by atoms with Gasteiger partial charge in [0.1, 0.15) is 6.04 Å². The van der Waals surface area contributed by atoms with Crippen LogP contribution in [-0.2, 0) is 16.2 Å². The molecule has 0 saturated carbocycles. The van der Waals surface area contributed by atoms with Gasteiger partial charge in [0.25, 0.3) is 0 Å². The van der Waals surface area contributed by atoms with Crippen molar-refractivity contribution in [3.05, 3.63) is 64.7 Å². The zero-order valence-electron chi connectivity index (χ0n) is 14.1. The van der Waals surface area contributed by atoms with E-state index >= 15 is 0 Å². The maximum absolute atomic E-state index is 13.0. The van der Waals surface area contributed by atoms with E-state index in [1.54, 1.807) is 0 Å². The molecule has 9 heteroatoms. The summed E-state index contributed by atoms with van der Waals surface area (Å²) in [4.78, 5) is 0.501. The van der Waals surface area contributed by atoms with Gasteiger partial charge in [0.2, 0.25) is 10.0 Å². The molecule has 1 atom stereocenters. The fraction of sp³-hybridized carbons (Fsp3) is 0.294. The van der Waals surface area contributed by atoms with Gasteiger partial charge in [-0.1, -0.05) is 41.9 Å². The maximum atomic E-state index is 13.0. The molecular weight excluding hydrogens is 389 g/mol. The molecule has 0 aliphatic heterocycles. The van der Waals surface area contributed by atoms with E-state index in [2.05, 4.69) is 4.72 Å². The Morgan fingerprint density at radius 2 is 1.73 bits per heavy atom. The average molecular weight is 408 g/mol. The van der Waals surface area contributed by atoms with E-state index in [1.807, 2.05) is 44.4 Å². The number of likely N-dealkylation sites (N-methyl/N-ethyl adjacent to an activating group) is 1.